The predicted octanol–water partition coefficient (Wildman–Crippen LogP) is 0.317. The standard InChI is InChI=1S/C18H12N2O3/c21-16-7-11-6-15-17-12(5-10-3-1-2-4-14(10)19-17)8-20(15)18(22)13(11)9-23-16/h1-6,9,19H,7-8H2. The first-order valence-electron chi connectivity index (χ1n) is 7.44. The van der Waals surface area contributed by atoms with E-state index in [0.29, 0.717) is 11.8 Å². The molecule has 2 aromatic rings. The van der Waals surface area contributed by atoms with Crippen LogP contribution in [0.1, 0.15) is 11.1 Å². The molecule has 0 amide bonds. The van der Waals surface area contributed by atoms with Crippen LogP contribution in [0.25, 0.3) is 18.0 Å². The van der Waals surface area contributed by atoms with Gasteiger partial charge in [-0.15, -0.1) is 0 Å². The highest BCUT2D eigenvalue weighted by molar-refractivity contribution is 5.91. The molecule has 4 heterocycles. The molecule has 1 aromatic carbocycles. The fourth-order valence-corrected chi connectivity index (χ4v) is 3.41. The molecule has 0 saturated carbocycles. The monoisotopic (exact) mass is 304 g/mol. The lowest BCUT2D eigenvalue weighted by atomic mass is 10.0. The highest BCUT2D eigenvalue weighted by Gasteiger charge is 2.25. The summed E-state index contributed by atoms with van der Waals surface area (Å²) in [5.74, 6) is -0.331. The predicted molar refractivity (Wildman–Crippen MR) is 85.7 cm³/mol. The van der Waals surface area contributed by atoms with E-state index in [4.69, 9.17) is 4.74 Å². The van der Waals surface area contributed by atoms with Crippen LogP contribution in [0.15, 0.2) is 40.7 Å². The molecule has 1 aromatic heterocycles. The van der Waals surface area contributed by atoms with Crippen LogP contribution in [0.2, 0.25) is 0 Å². The lowest BCUT2D eigenvalue weighted by Crippen LogP contribution is -2.45. The zero-order valence-corrected chi connectivity index (χ0v) is 12.1. The highest BCUT2D eigenvalue weighted by atomic mass is 16.5. The van der Waals surface area contributed by atoms with Crippen molar-refractivity contribution in [3.8, 4) is 0 Å². The second-order valence-electron chi connectivity index (χ2n) is 5.90. The van der Waals surface area contributed by atoms with Gasteiger partial charge in [0.2, 0.25) is 0 Å². The van der Waals surface area contributed by atoms with Crippen LogP contribution in [0.5, 0.6) is 0 Å². The number of esters is 1. The Morgan fingerprint density at radius 2 is 2.04 bits per heavy atom. The number of hydrogen-bond acceptors (Lipinski definition) is 4. The molecule has 0 saturated heterocycles. The van der Waals surface area contributed by atoms with E-state index in [1.165, 1.54) is 6.26 Å². The molecule has 112 valence electrons. The first-order chi connectivity index (χ1) is 11.2. The molecular weight excluding hydrogens is 292 g/mol. The minimum Gasteiger partial charge on any atom is -0.433 e. The first kappa shape index (κ1) is 12.5. The Labute approximate surface area is 130 Å². The van der Waals surface area contributed by atoms with Gasteiger partial charge >= 0.3 is 5.97 Å². The van der Waals surface area contributed by atoms with E-state index in [9.17, 15) is 9.59 Å². The number of pyridine rings is 1. The van der Waals surface area contributed by atoms with Gasteiger partial charge in [0.15, 0.2) is 0 Å². The fourth-order valence-electron chi connectivity index (χ4n) is 3.41. The normalized spacial score (nSPS) is 17.0. The third-order valence-corrected chi connectivity index (χ3v) is 4.52. The molecule has 0 unspecified atom stereocenters. The van der Waals surface area contributed by atoms with Gasteiger partial charge < -0.3 is 14.6 Å². The molecule has 3 aliphatic rings. The number of carbonyl (C=O) groups excluding carboxylic acids is 1. The Balaban J connectivity index is 1.82. The third-order valence-electron chi connectivity index (χ3n) is 4.52. The number of hydrogen-bond donors (Lipinski definition) is 1. The molecule has 5 nitrogen and oxygen atoms in total. The van der Waals surface area contributed by atoms with Gasteiger partial charge in [-0.05, 0) is 34.9 Å². The smallest absolute Gasteiger partial charge is 0.315 e. The van der Waals surface area contributed by atoms with Crippen molar-refractivity contribution < 1.29 is 9.53 Å². The summed E-state index contributed by atoms with van der Waals surface area (Å²) in [5, 5.41) is 4.73. The van der Waals surface area contributed by atoms with E-state index in [1.807, 2.05) is 30.3 Å². The van der Waals surface area contributed by atoms with Crippen molar-refractivity contribution in [1.29, 1.82) is 0 Å². The van der Waals surface area contributed by atoms with Gasteiger partial charge in [-0.1, -0.05) is 18.2 Å². The van der Waals surface area contributed by atoms with E-state index < -0.39 is 0 Å². The highest BCUT2D eigenvalue weighted by Crippen LogP contribution is 2.31. The summed E-state index contributed by atoms with van der Waals surface area (Å²) < 4.78 is 6.63. The fraction of sp³-hybridized carbons (Fsp3) is 0.111. The number of nitrogens with zero attached hydrogens (tertiary/aromatic N) is 1. The summed E-state index contributed by atoms with van der Waals surface area (Å²) in [5.41, 5.74) is 4.78. The van der Waals surface area contributed by atoms with Crippen LogP contribution >= 0.6 is 0 Å². The summed E-state index contributed by atoms with van der Waals surface area (Å²) >= 11 is 0. The lowest BCUT2D eigenvalue weighted by Gasteiger charge is -2.17. The second kappa shape index (κ2) is 4.23. The number of ether oxygens (including phenoxy) is 1. The number of aromatic nitrogens is 1. The van der Waals surface area contributed by atoms with Crippen LogP contribution in [-0.2, 0) is 22.5 Å². The molecule has 3 aliphatic heterocycles. The number of cyclic esters (lactones) is 1. The SMILES string of the molecule is O=C1Cc2cc3n(c(=O)c2=CO1)CC1=Cc2ccccc2NC=31. The maximum atomic E-state index is 12.7. The topological polar surface area (TPSA) is 60.3 Å². The number of para-hydroxylation sites is 1. The van der Waals surface area contributed by atoms with Crippen molar-refractivity contribution >= 4 is 29.7 Å². The van der Waals surface area contributed by atoms with E-state index in [0.717, 1.165) is 33.4 Å². The number of nitrogens with one attached hydrogen (secondary N) is 1. The van der Waals surface area contributed by atoms with E-state index in [-0.39, 0.29) is 17.9 Å². The van der Waals surface area contributed by atoms with Gasteiger partial charge in [-0.3, -0.25) is 9.59 Å². The van der Waals surface area contributed by atoms with Crippen LogP contribution in [0, 0.1) is 0 Å². The first-order valence-corrected chi connectivity index (χ1v) is 7.44. The van der Waals surface area contributed by atoms with Crippen molar-refractivity contribution in [2.45, 2.75) is 13.0 Å². The Kier molecular flexibility index (Phi) is 2.29. The Bertz CT molecular complexity index is 1110. The molecule has 0 atom stereocenters. The summed E-state index contributed by atoms with van der Waals surface area (Å²) in [6, 6.07) is 9.95. The quantitative estimate of drug-likeness (QED) is 0.712. The van der Waals surface area contributed by atoms with Crippen molar-refractivity contribution in [1.82, 2.24) is 4.57 Å². The van der Waals surface area contributed by atoms with Crippen molar-refractivity contribution in [2.24, 2.45) is 0 Å². The minimum absolute atomic E-state index is 0.112. The van der Waals surface area contributed by atoms with Crippen LogP contribution in [0.3, 0.4) is 0 Å². The van der Waals surface area contributed by atoms with Crippen LogP contribution < -0.4 is 21.4 Å². The number of rotatable bonds is 0. The zero-order valence-electron chi connectivity index (χ0n) is 12.1. The average Bonchev–Trinajstić information content (AvgIpc) is 2.91. The van der Waals surface area contributed by atoms with Gasteiger partial charge in [0.25, 0.3) is 5.56 Å². The molecule has 5 heteroatoms. The number of fused-ring (bicyclic) bond motifs is 4. The summed E-state index contributed by atoms with van der Waals surface area (Å²) in [4.78, 5) is 24.2. The Morgan fingerprint density at radius 1 is 1.17 bits per heavy atom. The molecule has 0 aliphatic carbocycles. The number of benzene rings is 1. The van der Waals surface area contributed by atoms with Crippen molar-refractivity contribution in [3.63, 3.8) is 0 Å². The van der Waals surface area contributed by atoms with Gasteiger partial charge in [0, 0.05) is 5.69 Å². The number of anilines is 1. The maximum Gasteiger partial charge on any atom is 0.315 e. The molecule has 5 rings (SSSR count). The second-order valence-corrected chi connectivity index (χ2v) is 5.90. The van der Waals surface area contributed by atoms with Gasteiger partial charge in [-0.2, -0.15) is 0 Å². The Morgan fingerprint density at radius 3 is 2.96 bits per heavy atom. The zero-order chi connectivity index (χ0) is 15.6. The lowest BCUT2D eigenvalue weighted by molar-refractivity contribution is -0.135. The number of carbonyl (C=O) groups is 1. The molecule has 1 N–H and O–H groups in total. The van der Waals surface area contributed by atoms with Gasteiger partial charge in [-0.25, -0.2) is 0 Å². The van der Waals surface area contributed by atoms with Gasteiger partial charge in [0.1, 0.15) is 6.26 Å². The summed E-state index contributed by atoms with van der Waals surface area (Å²) in [6.07, 6.45) is 3.52. The van der Waals surface area contributed by atoms with E-state index in [1.54, 1.807) is 4.57 Å². The van der Waals surface area contributed by atoms with E-state index in [2.05, 4.69) is 11.4 Å². The molecule has 23 heavy (non-hydrogen) atoms. The van der Waals surface area contributed by atoms with Gasteiger partial charge in [0.05, 0.1) is 29.2 Å². The molecule has 0 radical (unpaired) electrons. The Hall–Kier alpha value is -3.08. The average molecular weight is 304 g/mol. The molecular formula is C18H12N2O3. The summed E-state index contributed by atoms with van der Waals surface area (Å²) in [7, 11) is 0. The van der Waals surface area contributed by atoms with Crippen LogP contribution in [0.4, 0.5) is 5.69 Å². The van der Waals surface area contributed by atoms with E-state index >= 15 is 0 Å². The molecule has 0 bridgehead atoms. The third kappa shape index (κ3) is 1.67. The minimum atomic E-state index is -0.331. The van der Waals surface area contributed by atoms with Crippen molar-refractivity contribution in [3.05, 3.63) is 68.0 Å². The molecule has 0 spiro atoms. The van der Waals surface area contributed by atoms with Crippen molar-refractivity contribution in [2.75, 3.05) is 5.32 Å². The maximum absolute atomic E-state index is 12.7. The summed E-state index contributed by atoms with van der Waals surface area (Å²) in [6.45, 7) is 0.528. The van der Waals surface area contributed by atoms with Crippen LogP contribution in [-0.4, -0.2) is 10.5 Å². The largest absolute Gasteiger partial charge is 0.433 e. The molecule has 0 fully saturated rings.